The second kappa shape index (κ2) is 7.74. The lowest BCUT2D eigenvalue weighted by Crippen LogP contribution is -2.55. The average Bonchev–Trinajstić information content (AvgIpc) is 3.45. The lowest BCUT2D eigenvalue weighted by atomic mass is 10.2. The third kappa shape index (κ3) is 4.63. The summed E-state index contributed by atoms with van der Waals surface area (Å²) in [5.41, 5.74) is 1.12. The second-order valence-electron chi connectivity index (χ2n) is 6.64. The van der Waals surface area contributed by atoms with Gasteiger partial charge in [-0.05, 0) is 31.9 Å². The number of nitrogens with one attached hydrogen (secondary N) is 2. The number of nitrogens with zero attached hydrogens (tertiary/aromatic N) is 2. The van der Waals surface area contributed by atoms with Crippen molar-refractivity contribution in [1.29, 1.82) is 0 Å². The van der Waals surface area contributed by atoms with Crippen molar-refractivity contribution < 1.29 is 14.3 Å². The summed E-state index contributed by atoms with van der Waals surface area (Å²) in [4.78, 5) is 28.3. The first-order valence-corrected chi connectivity index (χ1v) is 8.81. The molecule has 1 saturated heterocycles. The Bertz CT molecular complexity index is 625. The Hall–Kier alpha value is -2.28. The Kier molecular flexibility index (Phi) is 5.43. The lowest BCUT2D eigenvalue weighted by Gasteiger charge is -2.38. The topological polar surface area (TPSA) is 73.9 Å². The number of piperazine rings is 1. The van der Waals surface area contributed by atoms with E-state index in [1.165, 1.54) is 0 Å². The van der Waals surface area contributed by atoms with Gasteiger partial charge in [-0.1, -0.05) is 6.07 Å². The van der Waals surface area contributed by atoms with Crippen molar-refractivity contribution in [1.82, 2.24) is 15.5 Å². The zero-order valence-corrected chi connectivity index (χ0v) is 14.8. The zero-order chi connectivity index (χ0) is 17.8. The number of anilines is 1. The van der Waals surface area contributed by atoms with Crippen LogP contribution in [0.25, 0.3) is 0 Å². The van der Waals surface area contributed by atoms with Crippen LogP contribution in [0, 0.1) is 0 Å². The summed E-state index contributed by atoms with van der Waals surface area (Å²) in [6.45, 7) is 5.06. The van der Waals surface area contributed by atoms with Crippen LogP contribution in [-0.2, 0) is 4.79 Å². The van der Waals surface area contributed by atoms with Gasteiger partial charge in [0.2, 0.25) is 5.91 Å². The van der Waals surface area contributed by atoms with Crippen LogP contribution in [0.4, 0.5) is 10.5 Å². The fourth-order valence-electron chi connectivity index (χ4n) is 3.01. The second-order valence-corrected chi connectivity index (χ2v) is 6.64. The van der Waals surface area contributed by atoms with Crippen LogP contribution in [0.3, 0.4) is 0 Å². The fraction of sp³-hybridized carbons (Fsp3) is 0.556. The number of carbonyl (C=O) groups excluding carboxylic acids is 2. The van der Waals surface area contributed by atoms with Crippen LogP contribution >= 0.6 is 0 Å². The molecule has 1 aromatic carbocycles. The van der Waals surface area contributed by atoms with Crippen LogP contribution < -0.4 is 20.3 Å². The molecular weight excluding hydrogens is 320 g/mol. The Morgan fingerprint density at radius 2 is 1.92 bits per heavy atom. The van der Waals surface area contributed by atoms with E-state index in [1.54, 1.807) is 7.11 Å². The summed E-state index contributed by atoms with van der Waals surface area (Å²) in [7, 11) is 1.66. The van der Waals surface area contributed by atoms with E-state index in [1.807, 2.05) is 25.1 Å². The maximum atomic E-state index is 12.2. The first kappa shape index (κ1) is 17.5. The Labute approximate surface area is 148 Å². The van der Waals surface area contributed by atoms with Crippen LogP contribution in [0.15, 0.2) is 24.3 Å². The highest BCUT2D eigenvalue weighted by molar-refractivity contribution is 5.97. The van der Waals surface area contributed by atoms with Crippen molar-refractivity contribution in [2.75, 3.05) is 38.2 Å². The molecule has 1 saturated carbocycles. The van der Waals surface area contributed by atoms with Crippen molar-refractivity contribution in [2.24, 2.45) is 0 Å². The minimum absolute atomic E-state index is 0.243. The monoisotopic (exact) mass is 346 g/mol. The largest absolute Gasteiger partial charge is 0.497 e. The number of hydrogen-bond acceptors (Lipinski definition) is 5. The number of methoxy groups -OCH3 is 1. The van der Waals surface area contributed by atoms with E-state index in [-0.39, 0.29) is 24.0 Å². The van der Waals surface area contributed by atoms with Crippen molar-refractivity contribution in [3.63, 3.8) is 0 Å². The summed E-state index contributed by atoms with van der Waals surface area (Å²) in [6.07, 6.45) is 2.01. The molecule has 136 valence electrons. The number of urea groups is 1. The van der Waals surface area contributed by atoms with Gasteiger partial charge in [0.05, 0.1) is 13.2 Å². The highest BCUT2D eigenvalue weighted by atomic mass is 16.5. The smallest absolute Gasteiger partial charge is 0.321 e. The van der Waals surface area contributed by atoms with Crippen molar-refractivity contribution in [3.8, 4) is 5.75 Å². The number of carbonyl (C=O) groups is 2. The third-order valence-electron chi connectivity index (χ3n) is 4.81. The van der Waals surface area contributed by atoms with Gasteiger partial charge >= 0.3 is 6.03 Å². The summed E-state index contributed by atoms with van der Waals surface area (Å²) in [5, 5.41) is 5.22. The maximum Gasteiger partial charge on any atom is 0.321 e. The molecule has 1 unspecified atom stereocenters. The van der Waals surface area contributed by atoms with Crippen LogP contribution in [0.1, 0.15) is 19.8 Å². The molecule has 2 aliphatic rings. The number of benzene rings is 1. The van der Waals surface area contributed by atoms with Crippen molar-refractivity contribution >= 4 is 17.6 Å². The van der Waals surface area contributed by atoms with Gasteiger partial charge in [0, 0.05) is 44.0 Å². The molecule has 0 aromatic heterocycles. The third-order valence-corrected chi connectivity index (χ3v) is 4.81. The van der Waals surface area contributed by atoms with Gasteiger partial charge in [-0.15, -0.1) is 0 Å². The number of hydrogen-bond donors (Lipinski definition) is 2. The van der Waals surface area contributed by atoms with E-state index in [4.69, 9.17) is 4.74 Å². The normalized spacial score (nSPS) is 19.2. The van der Waals surface area contributed by atoms with E-state index in [0.717, 1.165) is 50.5 Å². The summed E-state index contributed by atoms with van der Waals surface area (Å²) >= 11 is 0. The zero-order valence-electron chi connectivity index (χ0n) is 14.8. The summed E-state index contributed by atoms with van der Waals surface area (Å²) in [5.74, 6) is 0.599. The molecule has 7 heteroatoms. The molecule has 1 heterocycles. The molecule has 1 aliphatic heterocycles. The minimum atomic E-state index is -0.380. The molecule has 0 bridgehead atoms. The Morgan fingerprint density at radius 1 is 1.20 bits per heavy atom. The molecule has 25 heavy (non-hydrogen) atoms. The molecule has 2 N–H and O–H groups in total. The first-order chi connectivity index (χ1) is 12.1. The van der Waals surface area contributed by atoms with Gasteiger partial charge in [0.15, 0.2) is 0 Å². The lowest BCUT2D eigenvalue weighted by molar-refractivity contribution is -0.124. The maximum absolute atomic E-state index is 12.2. The Balaban J connectivity index is 1.48. The number of rotatable bonds is 5. The summed E-state index contributed by atoms with van der Waals surface area (Å²) < 4.78 is 5.28. The molecule has 0 spiro atoms. The predicted octanol–water partition coefficient (Wildman–Crippen LogP) is 1.19. The van der Waals surface area contributed by atoms with E-state index < -0.39 is 0 Å². The molecular formula is C18H26N4O3. The predicted molar refractivity (Wildman–Crippen MR) is 95.9 cm³/mol. The van der Waals surface area contributed by atoms with Gasteiger partial charge in [-0.2, -0.15) is 0 Å². The van der Waals surface area contributed by atoms with Crippen molar-refractivity contribution in [2.45, 2.75) is 31.8 Å². The summed E-state index contributed by atoms with van der Waals surface area (Å²) in [6, 6.07) is 7.54. The van der Waals surface area contributed by atoms with Crippen LogP contribution in [0.2, 0.25) is 0 Å². The van der Waals surface area contributed by atoms with Crippen molar-refractivity contribution in [3.05, 3.63) is 24.3 Å². The van der Waals surface area contributed by atoms with Gasteiger partial charge in [-0.3, -0.25) is 15.0 Å². The van der Waals surface area contributed by atoms with E-state index >= 15 is 0 Å². The van der Waals surface area contributed by atoms with Crippen LogP contribution in [-0.4, -0.2) is 62.2 Å². The number of imide groups is 1. The molecule has 3 amide bonds. The molecule has 1 atom stereocenters. The molecule has 2 fully saturated rings. The minimum Gasteiger partial charge on any atom is -0.497 e. The molecule has 1 aromatic rings. The van der Waals surface area contributed by atoms with E-state index in [9.17, 15) is 9.59 Å². The Morgan fingerprint density at radius 3 is 2.56 bits per heavy atom. The highest BCUT2D eigenvalue weighted by Gasteiger charge is 2.28. The first-order valence-electron chi connectivity index (χ1n) is 8.81. The molecule has 7 nitrogen and oxygen atoms in total. The van der Waals surface area contributed by atoms with Crippen LogP contribution in [0.5, 0.6) is 5.75 Å². The quantitative estimate of drug-likeness (QED) is 0.838. The van der Waals surface area contributed by atoms with E-state index in [0.29, 0.717) is 0 Å². The number of amides is 3. The SMILES string of the molecule is COc1cccc(N2CCN(C(C)C(=O)NC(=O)NC3CC3)CC2)c1. The van der Waals surface area contributed by atoms with Gasteiger partial charge in [0.1, 0.15) is 5.75 Å². The van der Waals surface area contributed by atoms with E-state index in [2.05, 4.69) is 26.5 Å². The fourth-order valence-corrected chi connectivity index (χ4v) is 3.01. The molecule has 0 radical (unpaired) electrons. The molecule has 3 rings (SSSR count). The highest BCUT2D eigenvalue weighted by Crippen LogP contribution is 2.22. The average molecular weight is 346 g/mol. The standard InChI is InChI=1S/C18H26N4O3/c1-13(17(23)20-18(24)19-14-6-7-14)21-8-10-22(11-9-21)15-4-3-5-16(12-15)25-2/h3-5,12-14H,6-11H2,1-2H3,(H2,19,20,23,24). The molecule has 1 aliphatic carbocycles. The van der Waals surface area contributed by atoms with Gasteiger partial charge in [-0.25, -0.2) is 4.79 Å². The number of ether oxygens (including phenoxy) is 1. The van der Waals surface area contributed by atoms with Gasteiger partial charge in [0.25, 0.3) is 0 Å². The van der Waals surface area contributed by atoms with Gasteiger partial charge < -0.3 is 15.0 Å².